The number of nitrogens with zero attached hydrogens (tertiary/aromatic N) is 1. The highest BCUT2D eigenvalue weighted by molar-refractivity contribution is 14.1. The van der Waals surface area contributed by atoms with Crippen molar-refractivity contribution in [2.45, 2.75) is 24.7 Å². The Morgan fingerprint density at radius 3 is 2.36 bits per heavy atom. The molecule has 1 aliphatic heterocycles. The van der Waals surface area contributed by atoms with Crippen LogP contribution in [0, 0.1) is 16.4 Å². The zero-order valence-electron chi connectivity index (χ0n) is 15.8. The maximum Gasteiger partial charge on any atom is 0.243 e. The number of carbonyl (C=O) groups is 1. The maximum atomic E-state index is 12.9. The molecular formula is C20H23IN2O4S. The smallest absolute Gasteiger partial charge is 0.243 e. The largest absolute Gasteiger partial charge is 0.496 e. The molecule has 28 heavy (non-hydrogen) atoms. The number of methoxy groups -OCH3 is 1. The Labute approximate surface area is 179 Å². The van der Waals surface area contributed by atoms with Gasteiger partial charge in [0.1, 0.15) is 5.75 Å². The summed E-state index contributed by atoms with van der Waals surface area (Å²) in [4.78, 5) is 12.8. The summed E-state index contributed by atoms with van der Waals surface area (Å²) in [5.74, 6) is 0.409. The van der Waals surface area contributed by atoms with E-state index in [-0.39, 0.29) is 16.7 Å². The van der Waals surface area contributed by atoms with E-state index >= 15 is 0 Å². The van der Waals surface area contributed by atoms with Gasteiger partial charge >= 0.3 is 0 Å². The summed E-state index contributed by atoms with van der Waals surface area (Å²) < 4.78 is 33.6. The number of halogens is 1. The Hall–Kier alpha value is -1.65. The second-order valence-electron chi connectivity index (χ2n) is 6.81. The van der Waals surface area contributed by atoms with Gasteiger partial charge in [-0.05, 0) is 90.4 Å². The van der Waals surface area contributed by atoms with Crippen molar-refractivity contribution in [1.82, 2.24) is 4.31 Å². The minimum Gasteiger partial charge on any atom is -0.496 e. The van der Waals surface area contributed by atoms with Crippen molar-refractivity contribution in [3.63, 3.8) is 0 Å². The Morgan fingerprint density at radius 1 is 1.14 bits per heavy atom. The number of aryl methyl sites for hydroxylation is 1. The highest BCUT2D eigenvalue weighted by Gasteiger charge is 2.32. The van der Waals surface area contributed by atoms with Crippen LogP contribution in [0.3, 0.4) is 0 Å². The van der Waals surface area contributed by atoms with Crippen molar-refractivity contribution in [1.29, 1.82) is 0 Å². The summed E-state index contributed by atoms with van der Waals surface area (Å²) in [6.07, 6.45) is 1.01. The lowest BCUT2D eigenvalue weighted by Crippen LogP contribution is -2.41. The molecule has 0 aromatic heterocycles. The average Bonchev–Trinajstić information content (AvgIpc) is 2.69. The summed E-state index contributed by atoms with van der Waals surface area (Å²) in [7, 11) is -2.02. The van der Waals surface area contributed by atoms with Gasteiger partial charge < -0.3 is 10.1 Å². The number of anilines is 1. The molecule has 2 aromatic rings. The van der Waals surface area contributed by atoms with Crippen LogP contribution < -0.4 is 10.1 Å². The van der Waals surface area contributed by atoms with Crippen LogP contribution in [0.2, 0.25) is 0 Å². The number of benzene rings is 2. The third kappa shape index (κ3) is 4.66. The SMILES string of the molecule is COc1ccc(S(=O)(=O)N2CCC(C(=O)Nc3ccc(I)cc3)CC2)cc1C. The first-order valence-corrected chi connectivity index (χ1v) is 11.5. The van der Waals surface area contributed by atoms with Gasteiger partial charge in [0.2, 0.25) is 15.9 Å². The summed E-state index contributed by atoms with van der Waals surface area (Å²) >= 11 is 2.21. The van der Waals surface area contributed by atoms with E-state index in [4.69, 9.17) is 4.74 Å². The predicted molar refractivity (Wildman–Crippen MR) is 117 cm³/mol. The fourth-order valence-electron chi connectivity index (χ4n) is 3.30. The van der Waals surface area contributed by atoms with Crippen molar-refractivity contribution in [3.8, 4) is 5.75 Å². The molecule has 2 aromatic carbocycles. The van der Waals surface area contributed by atoms with E-state index < -0.39 is 10.0 Å². The summed E-state index contributed by atoms with van der Waals surface area (Å²) in [6, 6.07) is 12.5. The quantitative estimate of drug-likeness (QED) is 0.619. The Bertz CT molecular complexity index is 953. The molecule has 150 valence electrons. The van der Waals surface area contributed by atoms with Crippen LogP contribution in [0.5, 0.6) is 5.75 Å². The third-order valence-electron chi connectivity index (χ3n) is 4.94. The van der Waals surface area contributed by atoms with Crippen molar-refractivity contribution in [3.05, 3.63) is 51.6 Å². The average molecular weight is 514 g/mol. The number of amides is 1. The molecule has 6 nitrogen and oxygen atoms in total. The Balaban J connectivity index is 1.63. The van der Waals surface area contributed by atoms with Crippen LogP contribution in [0.1, 0.15) is 18.4 Å². The Kier molecular flexibility index (Phi) is 6.61. The first-order valence-electron chi connectivity index (χ1n) is 9.02. The van der Waals surface area contributed by atoms with E-state index in [1.165, 1.54) is 4.31 Å². The molecule has 0 aliphatic carbocycles. The van der Waals surface area contributed by atoms with Crippen LogP contribution >= 0.6 is 22.6 Å². The molecule has 1 N–H and O–H groups in total. The molecule has 1 heterocycles. The maximum absolute atomic E-state index is 12.9. The molecule has 3 rings (SSSR count). The van der Waals surface area contributed by atoms with Gasteiger partial charge in [-0.2, -0.15) is 4.31 Å². The summed E-state index contributed by atoms with van der Waals surface area (Å²) in [5.41, 5.74) is 1.53. The standard InChI is InChI=1S/C20H23IN2O4S/c1-14-13-18(7-8-19(14)27-2)28(25,26)23-11-9-15(10-12-23)20(24)22-17-5-3-16(21)4-6-17/h3-8,13,15H,9-12H2,1-2H3,(H,22,24). The highest BCUT2D eigenvalue weighted by atomic mass is 127. The molecule has 0 radical (unpaired) electrons. The van der Waals surface area contributed by atoms with Crippen LogP contribution in [0.15, 0.2) is 47.4 Å². The van der Waals surface area contributed by atoms with Crippen molar-refractivity contribution < 1.29 is 17.9 Å². The van der Waals surface area contributed by atoms with E-state index in [0.29, 0.717) is 31.7 Å². The van der Waals surface area contributed by atoms with E-state index in [9.17, 15) is 13.2 Å². The number of rotatable bonds is 5. The van der Waals surface area contributed by atoms with Gasteiger partial charge in [0.15, 0.2) is 0 Å². The van der Waals surface area contributed by atoms with Crippen LogP contribution in [-0.4, -0.2) is 38.8 Å². The molecular weight excluding hydrogens is 491 g/mol. The number of hydrogen-bond acceptors (Lipinski definition) is 4. The van der Waals surface area contributed by atoms with Gasteiger partial charge in [-0.15, -0.1) is 0 Å². The summed E-state index contributed by atoms with van der Waals surface area (Å²) in [6.45, 7) is 2.48. The topological polar surface area (TPSA) is 75.7 Å². The number of sulfonamides is 1. The third-order valence-corrected chi connectivity index (χ3v) is 7.55. The first kappa shape index (κ1) is 21.1. The first-order chi connectivity index (χ1) is 13.3. The van der Waals surface area contributed by atoms with Crippen molar-refractivity contribution in [2.75, 3.05) is 25.5 Å². The minimum atomic E-state index is -3.58. The number of hydrogen-bond donors (Lipinski definition) is 1. The fourth-order valence-corrected chi connectivity index (χ4v) is 5.21. The number of nitrogens with one attached hydrogen (secondary N) is 1. The number of carbonyl (C=O) groups excluding carboxylic acids is 1. The molecule has 0 atom stereocenters. The van der Waals surface area contributed by atoms with E-state index in [1.807, 2.05) is 31.2 Å². The molecule has 1 aliphatic rings. The number of piperidine rings is 1. The second-order valence-corrected chi connectivity index (χ2v) is 9.99. The lowest BCUT2D eigenvalue weighted by atomic mass is 9.97. The van der Waals surface area contributed by atoms with Gasteiger partial charge in [0, 0.05) is 28.3 Å². The van der Waals surface area contributed by atoms with Crippen LogP contribution in [-0.2, 0) is 14.8 Å². The van der Waals surface area contributed by atoms with E-state index in [2.05, 4.69) is 27.9 Å². The normalized spacial score (nSPS) is 16.0. The van der Waals surface area contributed by atoms with Gasteiger partial charge in [-0.3, -0.25) is 4.79 Å². The molecule has 1 amide bonds. The lowest BCUT2D eigenvalue weighted by molar-refractivity contribution is -0.120. The van der Waals surface area contributed by atoms with Crippen LogP contribution in [0.4, 0.5) is 5.69 Å². The Morgan fingerprint density at radius 2 is 1.79 bits per heavy atom. The number of ether oxygens (including phenoxy) is 1. The molecule has 1 fully saturated rings. The zero-order valence-corrected chi connectivity index (χ0v) is 18.8. The molecule has 0 unspecified atom stereocenters. The molecule has 0 saturated carbocycles. The molecule has 0 spiro atoms. The van der Waals surface area contributed by atoms with E-state index in [1.54, 1.807) is 25.3 Å². The molecule has 8 heteroatoms. The monoisotopic (exact) mass is 514 g/mol. The van der Waals surface area contributed by atoms with Crippen LogP contribution in [0.25, 0.3) is 0 Å². The lowest BCUT2D eigenvalue weighted by Gasteiger charge is -2.30. The van der Waals surface area contributed by atoms with Gasteiger partial charge in [-0.1, -0.05) is 0 Å². The van der Waals surface area contributed by atoms with Crippen molar-refractivity contribution in [2.24, 2.45) is 5.92 Å². The van der Waals surface area contributed by atoms with Gasteiger partial charge in [0.05, 0.1) is 12.0 Å². The predicted octanol–water partition coefficient (Wildman–Crippen LogP) is 3.65. The fraction of sp³-hybridized carbons (Fsp3) is 0.350. The molecule has 1 saturated heterocycles. The van der Waals surface area contributed by atoms with Crippen molar-refractivity contribution >= 4 is 44.2 Å². The zero-order chi connectivity index (χ0) is 20.3. The molecule has 0 bridgehead atoms. The van der Waals surface area contributed by atoms with E-state index in [0.717, 1.165) is 14.8 Å². The van der Waals surface area contributed by atoms with Gasteiger partial charge in [-0.25, -0.2) is 8.42 Å². The second kappa shape index (κ2) is 8.79. The minimum absolute atomic E-state index is 0.0569. The summed E-state index contributed by atoms with van der Waals surface area (Å²) in [5, 5.41) is 2.92. The van der Waals surface area contributed by atoms with Gasteiger partial charge in [0.25, 0.3) is 0 Å². The highest BCUT2D eigenvalue weighted by Crippen LogP contribution is 2.27.